The van der Waals surface area contributed by atoms with E-state index in [1.807, 2.05) is 0 Å². The largest absolute Gasteiger partial charge is 0.494 e. The molecule has 0 aromatic heterocycles. The van der Waals surface area contributed by atoms with Gasteiger partial charge >= 0.3 is 0 Å². The van der Waals surface area contributed by atoms with Crippen molar-refractivity contribution in [3.8, 4) is 5.75 Å². The number of ether oxygens (including phenoxy) is 1. The highest BCUT2D eigenvalue weighted by atomic mass is 16.6. The standard InChI is InChI=1S/C19H18N2O5/c22-18-16-6-2-3-7-17(16)19(23)20(18)12-4-1-5-13-26-15-10-8-14(9-11-15)21(24)25/h2-3,6-11H,1,4-5,12-13H2. The van der Waals surface area contributed by atoms with Crippen LogP contribution < -0.4 is 4.74 Å². The summed E-state index contributed by atoms with van der Waals surface area (Å²) in [7, 11) is 0. The van der Waals surface area contributed by atoms with Crippen LogP contribution in [0.25, 0.3) is 0 Å². The Morgan fingerprint density at radius 3 is 2.08 bits per heavy atom. The van der Waals surface area contributed by atoms with Gasteiger partial charge in [0.1, 0.15) is 5.75 Å². The molecule has 0 N–H and O–H groups in total. The van der Waals surface area contributed by atoms with Gasteiger partial charge in [-0.3, -0.25) is 24.6 Å². The summed E-state index contributed by atoms with van der Waals surface area (Å²) in [6.07, 6.45) is 2.27. The van der Waals surface area contributed by atoms with Gasteiger partial charge in [-0.05, 0) is 43.5 Å². The number of non-ortho nitro benzene ring substituents is 1. The summed E-state index contributed by atoms with van der Waals surface area (Å²) in [6, 6.07) is 12.8. The molecule has 7 heteroatoms. The Morgan fingerprint density at radius 1 is 0.885 bits per heavy atom. The number of fused-ring (bicyclic) bond motifs is 1. The van der Waals surface area contributed by atoms with Crippen LogP contribution in [0.5, 0.6) is 5.75 Å². The summed E-state index contributed by atoms with van der Waals surface area (Å²) in [5.74, 6) is 0.122. The van der Waals surface area contributed by atoms with Crippen LogP contribution in [-0.2, 0) is 0 Å². The van der Waals surface area contributed by atoms with E-state index in [0.717, 1.165) is 12.8 Å². The number of carbonyl (C=O) groups is 2. The first-order valence-corrected chi connectivity index (χ1v) is 8.40. The van der Waals surface area contributed by atoms with E-state index in [4.69, 9.17) is 4.74 Å². The van der Waals surface area contributed by atoms with E-state index in [1.165, 1.54) is 17.0 Å². The van der Waals surface area contributed by atoms with Gasteiger partial charge in [-0.2, -0.15) is 0 Å². The Labute approximate surface area is 150 Å². The van der Waals surface area contributed by atoms with Crippen LogP contribution in [0.2, 0.25) is 0 Å². The maximum atomic E-state index is 12.2. The molecule has 2 amide bonds. The molecule has 0 aliphatic carbocycles. The number of carbonyl (C=O) groups excluding carboxylic acids is 2. The molecule has 0 saturated heterocycles. The lowest BCUT2D eigenvalue weighted by Crippen LogP contribution is -2.30. The molecule has 3 rings (SSSR count). The molecule has 0 fully saturated rings. The van der Waals surface area contributed by atoms with Crippen molar-refractivity contribution in [2.75, 3.05) is 13.2 Å². The van der Waals surface area contributed by atoms with Crippen LogP contribution in [0.1, 0.15) is 40.0 Å². The minimum Gasteiger partial charge on any atom is -0.494 e. The fraction of sp³-hybridized carbons (Fsp3) is 0.263. The van der Waals surface area contributed by atoms with Gasteiger partial charge in [0.25, 0.3) is 17.5 Å². The molecule has 0 spiro atoms. The summed E-state index contributed by atoms with van der Waals surface area (Å²) in [6.45, 7) is 0.865. The number of nitro groups is 1. The Balaban J connectivity index is 1.38. The monoisotopic (exact) mass is 354 g/mol. The van der Waals surface area contributed by atoms with Crippen molar-refractivity contribution in [3.63, 3.8) is 0 Å². The number of nitro benzene ring substituents is 1. The minimum atomic E-state index is -0.455. The summed E-state index contributed by atoms with van der Waals surface area (Å²) < 4.78 is 5.54. The molecular formula is C19H18N2O5. The molecule has 2 aromatic rings. The zero-order valence-corrected chi connectivity index (χ0v) is 14.1. The van der Waals surface area contributed by atoms with Crippen LogP contribution >= 0.6 is 0 Å². The van der Waals surface area contributed by atoms with Gasteiger partial charge in [0.05, 0.1) is 22.7 Å². The van der Waals surface area contributed by atoms with E-state index in [1.54, 1.807) is 36.4 Å². The molecule has 134 valence electrons. The normalized spacial score (nSPS) is 13.0. The molecule has 0 saturated carbocycles. The predicted octanol–water partition coefficient (Wildman–Crippen LogP) is 3.44. The average Bonchev–Trinajstić information content (AvgIpc) is 2.90. The first-order valence-electron chi connectivity index (χ1n) is 8.40. The third kappa shape index (κ3) is 3.72. The maximum absolute atomic E-state index is 12.2. The Hall–Kier alpha value is -3.22. The van der Waals surface area contributed by atoms with Crippen LogP contribution in [0.3, 0.4) is 0 Å². The lowest BCUT2D eigenvalue weighted by Gasteiger charge is -2.13. The number of hydrogen-bond donors (Lipinski definition) is 0. The molecule has 0 bridgehead atoms. The second-order valence-electron chi connectivity index (χ2n) is 5.97. The SMILES string of the molecule is O=C1c2ccccc2C(=O)N1CCCCCOc1ccc([N+](=O)[O-])cc1. The lowest BCUT2D eigenvalue weighted by molar-refractivity contribution is -0.384. The molecule has 1 aliphatic heterocycles. The topological polar surface area (TPSA) is 89.8 Å². The van der Waals surface area contributed by atoms with E-state index in [9.17, 15) is 19.7 Å². The molecule has 1 heterocycles. The third-order valence-electron chi connectivity index (χ3n) is 4.22. The zero-order chi connectivity index (χ0) is 18.5. The van der Waals surface area contributed by atoms with Crippen molar-refractivity contribution in [1.29, 1.82) is 0 Å². The number of nitrogens with zero attached hydrogens (tertiary/aromatic N) is 2. The highest BCUT2D eigenvalue weighted by Crippen LogP contribution is 2.23. The first-order chi connectivity index (χ1) is 12.6. The molecule has 0 atom stereocenters. The fourth-order valence-electron chi connectivity index (χ4n) is 2.85. The molecule has 0 radical (unpaired) electrons. The van der Waals surface area contributed by atoms with E-state index < -0.39 is 4.92 Å². The highest BCUT2D eigenvalue weighted by molar-refractivity contribution is 6.21. The number of benzene rings is 2. The van der Waals surface area contributed by atoms with Crippen LogP contribution in [0, 0.1) is 10.1 Å². The van der Waals surface area contributed by atoms with Crippen molar-refractivity contribution < 1.29 is 19.2 Å². The summed E-state index contributed by atoms with van der Waals surface area (Å²) >= 11 is 0. The maximum Gasteiger partial charge on any atom is 0.269 e. The van der Waals surface area contributed by atoms with E-state index in [2.05, 4.69) is 0 Å². The minimum absolute atomic E-state index is 0.0262. The highest BCUT2D eigenvalue weighted by Gasteiger charge is 2.34. The Bertz CT molecular complexity index is 797. The number of imide groups is 1. The molecular weight excluding hydrogens is 336 g/mol. The molecule has 0 unspecified atom stereocenters. The van der Waals surface area contributed by atoms with Gasteiger partial charge in [0, 0.05) is 18.7 Å². The first kappa shape index (κ1) is 17.6. The summed E-state index contributed by atoms with van der Waals surface area (Å²) in [4.78, 5) is 35.9. The number of unbranched alkanes of at least 4 members (excludes halogenated alkanes) is 2. The fourth-order valence-corrected chi connectivity index (χ4v) is 2.85. The van der Waals surface area contributed by atoms with Gasteiger partial charge in [-0.15, -0.1) is 0 Å². The van der Waals surface area contributed by atoms with E-state index in [-0.39, 0.29) is 17.5 Å². The number of rotatable bonds is 8. The van der Waals surface area contributed by atoms with Gasteiger partial charge in [-0.1, -0.05) is 12.1 Å². The lowest BCUT2D eigenvalue weighted by atomic mass is 10.1. The quantitative estimate of drug-likeness (QED) is 0.313. The van der Waals surface area contributed by atoms with E-state index >= 15 is 0 Å². The smallest absolute Gasteiger partial charge is 0.269 e. The predicted molar refractivity (Wildman–Crippen MR) is 94.3 cm³/mol. The third-order valence-corrected chi connectivity index (χ3v) is 4.22. The second kappa shape index (κ2) is 7.77. The van der Waals surface area contributed by atoms with Crippen molar-refractivity contribution in [2.45, 2.75) is 19.3 Å². The average molecular weight is 354 g/mol. The van der Waals surface area contributed by atoms with Crippen molar-refractivity contribution in [2.24, 2.45) is 0 Å². The zero-order valence-electron chi connectivity index (χ0n) is 14.1. The second-order valence-corrected chi connectivity index (χ2v) is 5.97. The van der Waals surface area contributed by atoms with Gasteiger partial charge < -0.3 is 4.74 Å². The van der Waals surface area contributed by atoms with E-state index in [0.29, 0.717) is 36.4 Å². The van der Waals surface area contributed by atoms with Crippen molar-refractivity contribution in [1.82, 2.24) is 4.90 Å². The van der Waals surface area contributed by atoms with Crippen molar-refractivity contribution in [3.05, 3.63) is 69.8 Å². The Kier molecular flexibility index (Phi) is 5.26. The van der Waals surface area contributed by atoms with Crippen molar-refractivity contribution >= 4 is 17.5 Å². The summed E-state index contributed by atoms with van der Waals surface area (Å²) in [5.41, 5.74) is 0.969. The number of amides is 2. The van der Waals surface area contributed by atoms with Crippen LogP contribution in [0.4, 0.5) is 5.69 Å². The molecule has 7 nitrogen and oxygen atoms in total. The van der Waals surface area contributed by atoms with Gasteiger partial charge in [0.2, 0.25) is 0 Å². The van der Waals surface area contributed by atoms with Gasteiger partial charge in [0.15, 0.2) is 0 Å². The molecule has 26 heavy (non-hydrogen) atoms. The molecule has 1 aliphatic rings. The summed E-state index contributed by atoms with van der Waals surface area (Å²) in [5, 5.41) is 10.6. The molecule has 2 aromatic carbocycles. The van der Waals surface area contributed by atoms with Crippen LogP contribution in [-0.4, -0.2) is 34.8 Å². The van der Waals surface area contributed by atoms with Gasteiger partial charge in [-0.25, -0.2) is 0 Å². The number of hydrogen-bond acceptors (Lipinski definition) is 5. The van der Waals surface area contributed by atoms with Crippen LogP contribution in [0.15, 0.2) is 48.5 Å². The Morgan fingerprint density at radius 2 is 1.50 bits per heavy atom.